The zero-order chi connectivity index (χ0) is 16.8. The largest absolute Gasteiger partial charge is 0.352 e. The minimum Gasteiger partial charge on any atom is -0.352 e. The number of likely N-dealkylation sites (tertiary alicyclic amines) is 1. The van der Waals surface area contributed by atoms with E-state index in [1.54, 1.807) is 0 Å². The number of benzene rings is 1. The van der Waals surface area contributed by atoms with Gasteiger partial charge in [0.05, 0.1) is 5.69 Å². The molecule has 0 aliphatic carbocycles. The van der Waals surface area contributed by atoms with E-state index in [2.05, 4.69) is 15.5 Å². The van der Waals surface area contributed by atoms with Crippen molar-refractivity contribution in [1.82, 2.24) is 10.2 Å². The number of rotatable bonds is 5. The molecule has 1 atom stereocenters. The van der Waals surface area contributed by atoms with Crippen LogP contribution in [0.3, 0.4) is 0 Å². The summed E-state index contributed by atoms with van der Waals surface area (Å²) in [5, 5.41) is 5.26. The summed E-state index contributed by atoms with van der Waals surface area (Å²) in [7, 11) is 0. The molecule has 2 amide bonds. The highest BCUT2D eigenvalue weighted by Gasteiger charge is 2.20. The Morgan fingerprint density at radius 3 is 2.87 bits per heavy atom. The van der Waals surface area contributed by atoms with Crippen molar-refractivity contribution in [2.45, 2.75) is 32.2 Å². The average molecular weight is 325 g/mol. The van der Waals surface area contributed by atoms with E-state index in [4.69, 9.17) is 0 Å². The van der Waals surface area contributed by atoms with E-state index in [1.165, 1.54) is 6.92 Å². The molecule has 1 saturated heterocycles. The molecule has 0 bridgehead atoms. The van der Waals surface area contributed by atoms with Crippen LogP contribution in [0, 0.1) is 11.6 Å². The summed E-state index contributed by atoms with van der Waals surface area (Å²) in [5.74, 6) is -1.69. The summed E-state index contributed by atoms with van der Waals surface area (Å²) in [6.07, 6.45) is 2.06. The monoisotopic (exact) mass is 325 g/mol. The van der Waals surface area contributed by atoms with Crippen LogP contribution in [0.1, 0.15) is 26.2 Å². The third kappa shape index (κ3) is 5.59. The van der Waals surface area contributed by atoms with Crippen molar-refractivity contribution in [1.29, 1.82) is 0 Å². The Morgan fingerprint density at radius 2 is 2.13 bits per heavy atom. The molecular formula is C16H21F2N3O2. The number of nitrogens with zero attached hydrogens (tertiary/aromatic N) is 1. The SMILES string of the molecule is CC(=O)N[C@@H]1CCCN(CCC(=O)Nc2cc(F)ccc2F)C1. The first-order valence-corrected chi connectivity index (χ1v) is 7.68. The molecule has 23 heavy (non-hydrogen) atoms. The molecule has 0 unspecified atom stereocenters. The highest BCUT2D eigenvalue weighted by atomic mass is 19.1. The number of nitrogens with one attached hydrogen (secondary N) is 2. The lowest BCUT2D eigenvalue weighted by atomic mass is 10.1. The van der Waals surface area contributed by atoms with Crippen LogP contribution in [0.25, 0.3) is 0 Å². The lowest BCUT2D eigenvalue weighted by Crippen LogP contribution is -2.47. The molecule has 0 saturated carbocycles. The Kier molecular flexibility index (Phi) is 6.04. The van der Waals surface area contributed by atoms with Gasteiger partial charge in [-0.05, 0) is 31.5 Å². The van der Waals surface area contributed by atoms with Gasteiger partial charge in [0, 0.05) is 38.5 Å². The molecule has 0 radical (unpaired) electrons. The molecule has 0 spiro atoms. The number of amides is 2. The molecule has 2 N–H and O–H groups in total. The van der Waals surface area contributed by atoms with Gasteiger partial charge in [-0.25, -0.2) is 8.78 Å². The zero-order valence-electron chi connectivity index (χ0n) is 13.1. The van der Waals surface area contributed by atoms with Crippen LogP contribution in [-0.4, -0.2) is 42.4 Å². The Hall–Kier alpha value is -2.02. The number of carbonyl (C=O) groups excluding carboxylic acids is 2. The van der Waals surface area contributed by atoms with Gasteiger partial charge in [-0.1, -0.05) is 0 Å². The molecule has 2 rings (SSSR count). The first-order chi connectivity index (χ1) is 10.9. The fourth-order valence-corrected chi connectivity index (χ4v) is 2.73. The van der Waals surface area contributed by atoms with Crippen molar-refractivity contribution < 1.29 is 18.4 Å². The quantitative estimate of drug-likeness (QED) is 0.869. The van der Waals surface area contributed by atoms with E-state index >= 15 is 0 Å². The number of anilines is 1. The number of hydrogen-bond acceptors (Lipinski definition) is 3. The van der Waals surface area contributed by atoms with Gasteiger partial charge in [0.25, 0.3) is 0 Å². The molecule has 1 heterocycles. The standard InChI is InChI=1S/C16H21F2N3O2/c1-11(22)19-13-3-2-7-21(10-13)8-6-16(23)20-15-9-12(17)4-5-14(15)18/h4-5,9,13H,2-3,6-8,10H2,1H3,(H,19,22)(H,20,23)/t13-/m1/s1. The topological polar surface area (TPSA) is 61.4 Å². The highest BCUT2D eigenvalue weighted by Crippen LogP contribution is 2.16. The number of hydrogen-bond donors (Lipinski definition) is 2. The maximum atomic E-state index is 13.5. The minimum absolute atomic E-state index is 0.0591. The Morgan fingerprint density at radius 1 is 1.35 bits per heavy atom. The van der Waals surface area contributed by atoms with Crippen LogP contribution < -0.4 is 10.6 Å². The van der Waals surface area contributed by atoms with Gasteiger partial charge in [0.1, 0.15) is 11.6 Å². The summed E-state index contributed by atoms with van der Waals surface area (Å²) >= 11 is 0. The van der Waals surface area contributed by atoms with Gasteiger partial charge < -0.3 is 15.5 Å². The Labute approximate surface area is 134 Å². The average Bonchev–Trinajstić information content (AvgIpc) is 2.49. The van der Waals surface area contributed by atoms with Crippen molar-refractivity contribution >= 4 is 17.5 Å². The molecule has 1 fully saturated rings. The molecule has 1 aromatic rings. The van der Waals surface area contributed by atoms with Crippen LogP contribution in [0.5, 0.6) is 0 Å². The van der Waals surface area contributed by atoms with Crippen LogP contribution in [0.4, 0.5) is 14.5 Å². The van der Waals surface area contributed by atoms with Gasteiger partial charge in [-0.3, -0.25) is 9.59 Å². The second-order valence-corrected chi connectivity index (χ2v) is 5.76. The van der Waals surface area contributed by atoms with Gasteiger partial charge in [-0.2, -0.15) is 0 Å². The summed E-state index contributed by atoms with van der Waals surface area (Å²) in [6.45, 7) is 3.55. The Balaban J connectivity index is 1.79. The van der Waals surface area contributed by atoms with Crippen LogP contribution in [0.15, 0.2) is 18.2 Å². The molecule has 5 nitrogen and oxygen atoms in total. The predicted molar refractivity (Wildman–Crippen MR) is 82.9 cm³/mol. The fourth-order valence-electron chi connectivity index (χ4n) is 2.73. The predicted octanol–water partition coefficient (Wildman–Crippen LogP) is 1.89. The maximum absolute atomic E-state index is 13.5. The van der Waals surface area contributed by atoms with E-state index in [-0.39, 0.29) is 30.0 Å². The molecular weight excluding hydrogens is 304 g/mol. The van der Waals surface area contributed by atoms with Gasteiger partial charge >= 0.3 is 0 Å². The van der Waals surface area contributed by atoms with E-state index < -0.39 is 11.6 Å². The lowest BCUT2D eigenvalue weighted by Gasteiger charge is -2.32. The first kappa shape index (κ1) is 17.3. The summed E-state index contributed by atoms with van der Waals surface area (Å²) in [4.78, 5) is 25.1. The van der Waals surface area contributed by atoms with E-state index in [1.807, 2.05) is 0 Å². The summed E-state index contributed by atoms with van der Waals surface area (Å²) < 4.78 is 26.5. The van der Waals surface area contributed by atoms with Gasteiger partial charge in [-0.15, -0.1) is 0 Å². The van der Waals surface area contributed by atoms with E-state index in [0.717, 1.165) is 37.6 Å². The van der Waals surface area contributed by atoms with Gasteiger partial charge in [0.15, 0.2) is 0 Å². The fraction of sp³-hybridized carbons (Fsp3) is 0.500. The van der Waals surface area contributed by atoms with Crippen molar-refractivity contribution in [3.63, 3.8) is 0 Å². The first-order valence-electron chi connectivity index (χ1n) is 7.68. The maximum Gasteiger partial charge on any atom is 0.225 e. The summed E-state index contributed by atoms with van der Waals surface area (Å²) in [5.41, 5.74) is -0.148. The highest BCUT2D eigenvalue weighted by molar-refractivity contribution is 5.90. The Bertz CT molecular complexity index is 580. The van der Waals surface area contributed by atoms with E-state index in [0.29, 0.717) is 13.1 Å². The second kappa shape index (κ2) is 8.01. The molecule has 7 heteroatoms. The minimum atomic E-state index is -0.663. The number of halogens is 2. The van der Waals surface area contributed by atoms with Crippen molar-refractivity contribution in [2.75, 3.05) is 25.0 Å². The normalized spacial score (nSPS) is 18.5. The second-order valence-electron chi connectivity index (χ2n) is 5.76. The lowest BCUT2D eigenvalue weighted by molar-refractivity contribution is -0.120. The van der Waals surface area contributed by atoms with E-state index in [9.17, 15) is 18.4 Å². The summed E-state index contributed by atoms with van der Waals surface area (Å²) in [6, 6.07) is 3.04. The van der Waals surface area contributed by atoms with Crippen molar-refractivity contribution in [3.8, 4) is 0 Å². The molecule has 0 aromatic heterocycles. The molecule has 1 aliphatic rings. The number of carbonyl (C=O) groups is 2. The molecule has 126 valence electrons. The smallest absolute Gasteiger partial charge is 0.225 e. The third-order valence-corrected chi connectivity index (χ3v) is 3.77. The van der Waals surface area contributed by atoms with Crippen molar-refractivity contribution in [2.24, 2.45) is 0 Å². The van der Waals surface area contributed by atoms with Crippen LogP contribution >= 0.6 is 0 Å². The van der Waals surface area contributed by atoms with Crippen molar-refractivity contribution in [3.05, 3.63) is 29.8 Å². The van der Waals surface area contributed by atoms with Crippen LogP contribution in [-0.2, 0) is 9.59 Å². The number of piperidine rings is 1. The molecule has 1 aliphatic heterocycles. The van der Waals surface area contributed by atoms with Crippen LogP contribution in [0.2, 0.25) is 0 Å². The zero-order valence-corrected chi connectivity index (χ0v) is 13.1. The molecule has 1 aromatic carbocycles. The van der Waals surface area contributed by atoms with Gasteiger partial charge in [0.2, 0.25) is 11.8 Å². The third-order valence-electron chi connectivity index (χ3n) is 3.77.